The summed E-state index contributed by atoms with van der Waals surface area (Å²) in [5.74, 6) is 2.03. The van der Waals surface area contributed by atoms with Crippen LogP contribution in [0.1, 0.15) is 31.7 Å². The number of nitrogens with one attached hydrogen (secondary N) is 2. The van der Waals surface area contributed by atoms with Gasteiger partial charge in [0.15, 0.2) is 0 Å². The van der Waals surface area contributed by atoms with E-state index in [9.17, 15) is 9.59 Å². The van der Waals surface area contributed by atoms with Gasteiger partial charge in [0.1, 0.15) is 11.5 Å². The molecule has 0 aromatic heterocycles. The van der Waals surface area contributed by atoms with Crippen molar-refractivity contribution in [1.82, 2.24) is 15.5 Å². The van der Waals surface area contributed by atoms with E-state index >= 15 is 0 Å². The zero-order valence-corrected chi connectivity index (χ0v) is 16.5. The monoisotopic (exact) mass is 377 g/mol. The molecule has 150 valence electrons. The molecule has 0 aliphatic carbocycles. The molecule has 1 saturated heterocycles. The van der Waals surface area contributed by atoms with E-state index in [0.29, 0.717) is 12.5 Å². The van der Waals surface area contributed by atoms with Gasteiger partial charge >= 0.3 is 6.03 Å². The van der Waals surface area contributed by atoms with Gasteiger partial charge in [-0.3, -0.25) is 15.0 Å². The van der Waals surface area contributed by atoms with E-state index in [0.717, 1.165) is 50.3 Å². The minimum atomic E-state index is -0.425. The Kier molecular flexibility index (Phi) is 8.39. The third-order valence-electron chi connectivity index (χ3n) is 4.92. The average Bonchev–Trinajstić information content (AvgIpc) is 2.67. The number of piperidine rings is 1. The summed E-state index contributed by atoms with van der Waals surface area (Å²) in [7, 11) is 3.33. The van der Waals surface area contributed by atoms with Crippen LogP contribution in [0.15, 0.2) is 18.2 Å². The van der Waals surface area contributed by atoms with Crippen LogP contribution in [0.5, 0.6) is 11.5 Å². The number of likely N-dealkylation sites (tertiary alicyclic amines) is 1. The molecule has 27 heavy (non-hydrogen) atoms. The predicted molar refractivity (Wildman–Crippen MR) is 104 cm³/mol. The molecule has 1 fully saturated rings. The molecule has 0 saturated carbocycles. The lowest BCUT2D eigenvalue weighted by Crippen LogP contribution is -2.46. The molecule has 2 N–H and O–H groups in total. The van der Waals surface area contributed by atoms with Gasteiger partial charge in [-0.2, -0.15) is 0 Å². The number of amides is 3. The Hall–Kier alpha value is -2.28. The van der Waals surface area contributed by atoms with E-state index in [-0.39, 0.29) is 12.5 Å². The summed E-state index contributed by atoms with van der Waals surface area (Å²) >= 11 is 0. The van der Waals surface area contributed by atoms with Gasteiger partial charge in [-0.15, -0.1) is 0 Å². The maximum absolute atomic E-state index is 11.9. The minimum Gasteiger partial charge on any atom is -0.497 e. The molecule has 1 heterocycles. The molecule has 1 aromatic carbocycles. The Morgan fingerprint density at radius 3 is 2.30 bits per heavy atom. The van der Waals surface area contributed by atoms with E-state index < -0.39 is 6.03 Å². The molecule has 1 aliphatic rings. The maximum Gasteiger partial charge on any atom is 0.321 e. The van der Waals surface area contributed by atoms with Crippen molar-refractivity contribution in [3.63, 3.8) is 0 Å². The van der Waals surface area contributed by atoms with Gasteiger partial charge in [0.05, 0.1) is 20.8 Å². The highest BCUT2D eigenvalue weighted by Crippen LogP contribution is 2.26. The highest BCUT2D eigenvalue weighted by molar-refractivity contribution is 5.95. The quantitative estimate of drug-likeness (QED) is 0.726. The zero-order chi connectivity index (χ0) is 19.6. The highest BCUT2D eigenvalue weighted by atomic mass is 16.5. The van der Waals surface area contributed by atoms with Crippen LogP contribution >= 0.6 is 0 Å². The first-order chi connectivity index (χ1) is 13.0. The van der Waals surface area contributed by atoms with Crippen molar-refractivity contribution in [3.8, 4) is 11.5 Å². The van der Waals surface area contributed by atoms with Gasteiger partial charge in [-0.05, 0) is 69.3 Å². The smallest absolute Gasteiger partial charge is 0.321 e. The first-order valence-electron chi connectivity index (χ1n) is 9.56. The topological polar surface area (TPSA) is 79.9 Å². The summed E-state index contributed by atoms with van der Waals surface area (Å²) in [6.07, 6.45) is 4.22. The molecule has 0 spiro atoms. The van der Waals surface area contributed by atoms with Gasteiger partial charge in [-0.25, -0.2) is 4.79 Å². The molecule has 7 nitrogen and oxygen atoms in total. The second kappa shape index (κ2) is 10.8. The lowest BCUT2D eigenvalue weighted by molar-refractivity contribution is -0.121. The van der Waals surface area contributed by atoms with Crippen molar-refractivity contribution in [2.24, 2.45) is 5.92 Å². The van der Waals surface area contributed by atoms with Gasteiger partial charge in [-0.1, -0.05) is 0 Å². The first-order valence-corrected chi connectivity index (χ1v) is 9.56. The molecule has 3 amide bonds. The zero-order valence-electron chi connectivity index (χ0n) is 16.5. The van der Waals surface area contributed by atoms with E-state index in [1.54, 1.807) is 14.2 Å². The van der Waals surface area contributed by atoms with E-state index in [4.69, 9.17) is 9.47 Å². The third-order valence-corrected chi connectivity index (χ3v) is 4.92. The summed E-state index contributed by atoms with van der Waals surface area (Å²) in [4.78, 5) is 25.4. The van der Waals surface area contributed by atoms with Crippen LogP contribution < -0.4 is 20.1 Å². The Morgan fingerprint density at radius 2 is 1.74 bits per heavy atom. The fraction of sp³-hybridized carbons (Fsp3) is 0.600. The molecule has 0 unspecified atom stereocenters. The molecule has 0 bridgehead atoms. The van der Waals surface area contributed by atoms with Gasteiger partial charge in [0.2, 0.25) is 5.91 Å². The van der Waals surface area contributed by atoms with Crippen LogP contribution in [0.4, 0.5) is 4.79 Å². The van der Waals surface area contributed by atoms with Crippen LogP contribution in [0.3, 0.4) is 0 Å². The largest absolute Gasteiger partial charge is 0.497 e. The number of hydrogen-bond donors (Lipinski definition) is 2. The third kappa shape index (κ3) is 7.09. The highest BCUT2D eigenvalue weighted by Gasteiger charge is 2.21. The van der Waals surface area contributed by atoms with Crippen LogP contribution in [0.2, 0.25) is 0 Å². The van der Waals surface area contributed by atoms with E-state index in [1.807, 2.05) is 13.0 Å². The summed E-state index contributed by atoms with van der Waals surface area (Å²) in [6, 6.07) is 5.58. The lowest BCUT2D eigenvalue weighted by atomic mass is 9.90. The number of benzene rings is 1. The van der Waals surface area contributed by atoms with Crippen molar-refractivity contribution < 1.29 is 19.1 Å². The van der Waals surface area contributed by atoms with Gasteiger partial charge < -0.3 is 14.8 Å². The lowest BCUT2D eigenvalue weighted by Gasteiger charge is -2.31. The predicted octanol–water partition coefficient (Wildman–Crippen LogP) is 2.19. The van der Waals surface area contributed by atoms with E-state index in [1.165, 1.54) is 5.56 Å². The SMILES string of the molecule is CCNC(=O)NC(=O)CN1CCC(CCc2cc(OC)cc(OC)c2)CC1. The standard InChI is InChI=1S/C20H31N3O4/c1-4-21-20(25)22-19(24)14-23-9-7-15(8-10-23)5-6-16-11-17(26-2)13-18(12-16)27-3/h11-13,15H,4-10,14H2,1-3H3,(H2,21,22,24,25). The van der Waals surface area contributed by atoms with E-state index in [2.05, 4.69) is 27.7 Å². The summed E-state index contributed by atoms with van der Waals surface area (Å²) in [5.41, 5.74) is 1.22. The Bertz CT molecular complexity index is 605. The van der Waals surface area contributed by atoms with Crippen LogP contribution in [-0.4, -0.2) is 57.2 Å². The van der Waals surface area contributed by atoms with Crippen LogP contribution in [0.25, 0.3) is 0 Å². The Morgan fingerprint density at radius 1 is 1.11 bits per heavy atom. The summed E-state index contributed by atoms with van der Waals surface area (Å²) in [6.45, 7) is 4.36. The number of imide groups is 1. The van der Waals surface area contributed by atoms with Gasteiger partial charge in [0, 0.05) is 12.6 Å². The molecule has 2 rings (SSSR count). The molecule has 0 radical (unpaired) electrons. The van der Waals surface area contributed by atoms with Crippen molar-refractivity contribution >= 4 is 11.9 Å². The Balaban J connectivity index is 1.73. The van der Waals surface area contributed by atoms with Crippen molar-refractivity contribution in [2.75, 3.05) is 40.4 Å². The van der Waals surface area contributed by atoms with Crippen LogP contribution in [0, 0.1) is 5.92 Å². The number of urea groups is 1. The maximum atomic E-state index is 11.9. The summed E-state index contributed by atoms with van der Waals surface area (Å²) in [5, 5.41) is 4.92. The average molecular weight is 377 g/mol. The number of carbonyl (C=O) groups is 2. The second-order valence-corrected chi connectivity index (χ2v) is 6.89. The fourth-order valence-electron chi connectivity index (χ4n) is 3.39. The number of aryl methyl sites for hydroxylation is 1. The molecule has 7 heteroatoms. The number of methoxy groups -OCH3 is 2. The molecular weight excluding hydrogens is 346 g/mol. The molecule has 1 aromatic rings. The number of rotatable bonds is 8. The van der Waals surface area contributed by atoms with Crippen molar-refractivity contribution in [2.45, 2.75) is 32.6 Å². The number of carbonyl (C=O) groups excluding carboxylic acids is 2. The molecule has 1 aliphatic heterocycles. The number of ether oxygens (including phenoxy) is 2. The summed E-state index contributed by atoms with van der Waals surface area (Å²) < 4.78 is 10.7. The Labute approximate surface area is 161 Å². The van der Waals surface area contributed by atoms with Gasteiger partial charge in [0.25, 0.3) is 0 Å². The number of hydrogen-bond acceptors (Lipinski definition) is 5. The normalized spacial score (nSPS) is 15.2. The second-order valence-electron chi connectivity index (χ2n) is 6.89. The van der Waals surface area contributed by atoms with Crippen LogP contribution in [-0.2, 0) is 11.2 Å². The fourth-order valence-corrected chi connectivity index (χ4v) is 3.39. The minimum absolute atomic E-state index is 0.247. The first kappa shape index (κ1) is 21.0. The van der Waals surface area contributed by atoms with Crippen molar-refractivity contribution in [3.05, 3.63) is 23.8 Å². The molecule has 0 atom stereocenters. The molecular formula is C20H31N3O4. The number of nitrogens with zero attached hydrogens (tertiary/aromatic N) is 1. The van der Waals surface area contributed by atoms with Crippen molar-refractivity contribution in [1.29, 1.82) is 0 Å².